The Hall–Kier alpha value is -0.0400. The van der Waals surface area contributed by atoms with E-state index in [9.17, 15) is 0 Å². The summed E-state index contributed by atoms with van der Waals surface area (Å²) < 4.78 is 0. The quantitative estimate of drug-likeness (QED) is 0.495. The molecule has 2 aliphatic heterocycles. The van der Waals surface area contributed by atoms with Gasteiger partial charge in [-0.1, -0.05) is 0 Å². The van der Waals surface area contributed by atoms with Crippen LogP contribution in [0.25, 0.3) is 0 Å². The Bertz CT molecular complexity index is 120. The maximum absolute atomic E-state index is 2.66. The minimum atomic E-state index is 0.886. The van der Waals surface area contributed by atoms with Gasteiger partial charge in [0.25, 0.3) is 0 Å². The van der Waals surface area contributed by atoms with Crippen LogP contribution in [0.4, 0.5) is 0 Å². The van der Waals surface area contributed by atoms with E-state index >= 15 is 0 Å². The zero-order valence-corrected chi connectivity index (χ0v) is 6.84. The third-order valence-electron chi connectivity index (χ3n) is 3.17. The lowest BCUT2D eigenvalue weighted by molar-refractivity contribution is 0.0767. The lowest BCUT2D eigenvalue weighted by Gasteiger charge is -2.42. The number of hydrogen-bond acceptors (Lipinski definition) is 1. The molecule has 1 nitrogen and oxygen atoms in total. The van der Waals surface area contributed by atoms with Gasteiger partial charge in [0.1, 0.15) is 0 Å². The molecule has 2 saturated heterocycles. The van der Waals surface area contributed by atoms with E-state index in [4.69, 9.17) is 0 Å². The van der Waals surface area contributed by atoms with Gasteiger partial charge in [0.2, 0.25) is 0 Å². The average molecular weight is 139 g/mol. The molecular weight excluding hydrogens is 122 g/mol. The minimum absolute atomic E-state index is 0.886. The summed E-state index contributed by atoms with van der Waals surface area (Å²) in [6.07, 6.45) is 5.90. The fourth-order valence-electron chi connectivity index (χ4n) is 2.39. The molecule has 0 N–H and O–H groups in total. The fourth-order valence-corrected chi connectivity index (χ4v) is 2.39. The van der Waals surface area contributed by atoms with E-state index in [0.717, 1.165) is 12.0 Å². The molecule has 0 aromatic heterocycles. The van der Waals surface area contributed by atoms with Crippen LogP contribution in [-0.2, 0) is 0 Å². The third kappa shape index (κ3) is 1.07. The molecule has 2 aliphatic rings. The van der Waals surface area contributed by atoms with Gasteiger partial charge in [-0.25, -0.2) is 0 Å². The number of hydrogen-bond donors (Lipinski definition) is 0. The van der Waals surface area contributed by atoms with E-state index in [2.05, 4.69) is 11.8 Å². The van der Waals surface area contributed by atoms with Gasteiger partial charge < -0.3 is 4.90 Å². The number of rotatable bonds is 0. The average Bonchev–Trinajstić information content (AvgIpc) is 1.99. The third-order valence-corrected chi connectivity index (χ3v) is 3.17. The molecule has 0 saturated carbocycles. The molecule has 0 radical (unpaired) electrons. The van der Waals surface area contributed by atoms with Gasteiger partial charge in [0.05, 0.1) is 0 Å². The molecule has 0 aromatic rings. The monoisotopic (exact) mass is 139 g/mol. The Labute approximate surface area is 63.4 Å². The van der Waals surface area contributed by atoms with Crippen molar-refractivity contribution in [2.45, 2.75) is 38.6 Å². The molecule has 0 aromatic carbocycles. The van der Waals surface area contributed by atoms with E-state index in [1.165, 1.54) is 38.8 Å². The van der Waals surface area contributed by atoms with Crippen molar-refractivity contribution in [2.24, 2.45) is 5.92 Å². The molecule has 2 bridgehead atoms. The second kappa shape index (κ2) is 2.54. The van der Waals surface area contributed by atoms with Crippen molar-refractivity contribution >= 4 is 0 Å². The zero-order chi connectivity index (χ0) is 6.97. The first-order valence-corrected chi connectivity index (χ1v) is 4.60. The molecule has 10 heavy (non-hydrogen) atoms. The maximum atomic E-state index is 2.66. The molecule has 2 fully saturated rings. The fraction of sp³-hybridized carbons (Fsp3) is 1.00. The molecular formula is C9H17N. The van der Waals surface area contributed by atoms with Crippen LogP contribution in [0.3, 0.4) is 0 Å². The molecule has 3 atom stereocenters. The van der Waals surface area contributed by atoms with Crippen molar-refractivity contribution in [1.82, 2.24) is 4.90 Å². The van der Waals surface area contributed by atoms with Crippen LogP contribution in [0.2, 0.25) is 0 Å². The van der Waals surface area contributed by atoms with Gasteiger partial charge in [-0.05, 0) is 45.1 Å². The number of fused-ring (bicyclic) bond motifs is 2. The maximum Gasteiger partial charge on any atom is 0.00671 e. The summed E-state index contributed by atoms with van der Waals surface area (Å²) >= 11 is 0. The highest BCUT2D eigenvalue weighted by Gasteiger charge is 2.27. The Balaban J connectivity index is 2.00. The van der Waals surface area contributed by atoms with E-state index < -0.39 is 0 Å². The smallest absolute Gasteiger partial charge is 0.00671 e. The molecule has 0 aliphatic carbocycles. The van der Waals surface area contributed by atoms with Crippen LogP contribution in [0.5, 0.6) is 0 Å². The predicted molar refractivity (Wildman–Crippen MR) is 43.0 cm³/mol. The Morgan fingerprint density at radius 3 is 2.90 bits per heavy atom. The first kappa shape index (κ1) is 6.66. The molecule has 3 unspecified atom stereocenters. The molecule has 0 spiro atoms. The zero-order valence-electron chi connectivity index (χ0n) is 6.84. The van der Waals surface area contributed by atoms with Crippen LogP contribution >= 0.6 is 0 Å². The number of nitrogens with zero attached hydrogens (tertiary/aromatic N) is 1. The second-order valence-electron chi connectivity index (χ2n) is 3.93. The largest absolute Gasteiger partial charge is 0.300 e. The first-order chi connectivity index (χ1) is 4.86. The number of piperidine rings is 2. The summed E-state index contributed by atoms with van der Waals surface area (Å²) in [6, 6.07) is 0.886. The summed E-state index contributed by atoms with van der Waals surface area (Å²) in [5, 5.41) is 0. The van der Waals surface area contributed by atoms with E-state index in [1.54, 1.807) is 0 Å². The summed E-state index contributed by atoms with van der Waals surface area (Å²) in [5.74, 6) is 1.06. The van der Waals surface area contributed by atoms with E-state index in [1.807, 2.05) is 0 Å². The van der Waals surface area contributed by atoms with E-state index in [-0.39, 0.29) is 0 Å². The van der Waals surface area contributed by atoms with Gasteiger partial charge in [0, 0.05) is 12.6 Å². The van der Waals surface area contributed by atoms with Crippen molar-refractivity contribution in [1.29, 1.82) is 0 Å². The molecule has 2 heterocycles. The summed E-state index contributed by atoms with van der Waals surface area (Å²) in [6.45, 7) is 5.15. The molecule has 58 valence electrons. The van der Waals surface area contributed by atoms with Crippen LogP contribution in [-0.4, -0.2) is 24.0 Å². The van der Waals surface area contributed by atoms with Crippen molar-refractivity contribution in [3.05, 3.63) is 0 Å². The summed E-state index contributed by atoms with van der Waals surface area (Å²) in [5.41, 5.74) is 0. The van der Waals surface area contributed by atoms with Crippen LogP contribution in [0.15, 0.2) is 0 Å². The van der Waals surface area contributed by atoms with Gasteiger partial charge in [-0.15, -0.1) is 0 Å². The highest BCUT2D eigenvalue weighted by atomic mass is 15.2. The minimum Gasteiger partial charge on any atom is -0.300 e. The Morgan fingerprint density at radius 2 is 2.10 bits per heavy atom. The van der Waals surface area contributed by atoms with Gasteiger partial charge >= 0.3 is 0 Å². The topological polar surface area (TPSA) is 3.24 Å². The normalized spacial score (nSPS) is 47.1. The lowest BCUT2D eigenvalue weighted by Crippen LogP contribution is -2.45. The standard InChI is InChI=1S/C9H17N/c1-8-4-5-9-3-2-6-10(8)7-9/h8-9H,2-7H2,1H3. The Morgan fingerprint density at radius 1 is 1.20 bits per heavy atom. The van der Waals surface area contributed by atoms with Crippen molar-refractivity contribution in [2.75, 3.05) is 13.1 Å². The molecule has 0 amide bonds. The van der Waals surface area contributed by atoms with Crippen molar-refractivity contribution < 1.29 is 0 Å². The lowest BCUT2D eigenvalue weighted by atomic mass is 9.86. The van der Waals surface area contributed by atoms with Crippen molar-refractivity contribution in [3.8, 4) is 0 Å². The summed E-state index contributed by atoms with van der Waals surface area (Å²) in [7, 11) is 0. The molecule has 1 heteroatoms. The highest BCUT2D eigenvalue weighted by molar-refractivity contribution is 4.82. The Kier molecular flexibility index (Phi) is 1.69. The SMILES string of the molecule is CC1CCC2CCCN1C2. The van der Waals surface area contributed by atoms with Crippen LogP contribution in [0, 0.1) is 5.92 Å². The van der Waals surface area contributed by atoms with Crippen LogP contribution in [0.1, 0.15) is 32.6 Å². The van der Waals surface area contributed by atoms with Gasteiger partial charge in [0.15, 0.2) is 0 Å². The van der Waals surface area contributed by atoms with Crippen LogP contribution < -0.4 is 0 Å². The van der Waals surface area contributed by atoms with Gasteiger partial charge in [-0.3, -0.25) is 0 Å². The van der Waals surface area contributed by atoms with Gasteiger partial charge in [-0.2, -0.15) is 0 Å². The second-order valence-corrected chi connectivity index (χ2v) is 3.93. The first-order valence-electron chi connectivity index (χ1n) is 4.60. The van der Waals surface area contributed by atoms with Crippen molar-refractivity contribution in [3.63, 3.8) is 0 Å². The predicted octanol–water partition coefficient (Wildman–Crippen LogP) is 1.88. The molecule has 2 rings (SSSR count). The highest BCUT2D eigenvalue weighted by Crippen LogP contribution is 2.29. The van der Waals surface area contributed by atoms with E-state index in [0.29, 0.717) is 0 Å². The summed E-state index contributed by atoms with van der Waals surface area (Å²) in [4.78, 5) is 2.66.